The fourth-order valence-corrected chi connectivity index (χ4v) is 2.58. The molecule has 2 heteroatoms. The lowest BCUT2D eigenvalue weighted by Gasteiger charge is -2.01. The zero-order valence-electron chi connectivity index (χ0n) is 6.92. The number of rotatable bonds is 2. The molecule has 2 rings (SSSR count). The van der Waals surface area contributed by atoms with Crippen molar-refractivity contribution in [1.29, 1.82) is 0 Å². The molecule has 0 radical (unpaired) electrons. The average molecular weight is 180 g/mol. The summed E-state index contributed by atoms with van der Waals surface area (Å²) in [7, 11) is 0. The van der Waals surface area contributed by atoms with Gasteiger partial charge in [-0.3, -0.25) is 0 Å². The highest BCUT2D eigenvalue weighted by molar-refractivity contribution is 7.99. The van der Waals surface area contributed by atoms with Crippen molar-refractivity contribution in [1.82, 2.24) is 0 Å². The Bertz CT molecular complexity index is 283. The van der Waals surface area contributed by atoms with E-state index in [9.17, 15) is 0 Å². The van der Waals surface area contributed by atoms with Crippen molar-refractivity contribution in [3.05, 3.63) is 29.3 Å². The van der Waals surface area contributed by atoms with Crippen molar-refractivity contribution in [3.63, 3.8) is 0 Å². The Morgan fingerprint density at radius 3 is 3.17 bits per heavy atom. The molecule has 1 heterocycles. The molecule has 1 N–H and O–H groups in total. The molecular formula is C10H12OS. The molecule has 0 aromatic heterocycles. The van der Waals surface area contributed by atoms with Crippen LogP contribution in [0.15, 0.2) is 23.1 Å². The van der Waals surface area contributed by atoms with Gasteiger partial charge in [-0.15, -0.1) is 11.8 Å². The fourth-order valence-electron chi connectivity index (χ4n) is 1.52. The van der Waals surface area contributed by atoms with Crippen LogP contribution >= 0.6 is 11.8 Å². The summed E-state index contributed by atoms with van der Waals surface area (Å²) in [5, 5.41) is 8.76. The number of aliphatic hydroxyl groups excluding tert-OH is 1. The van der Waals surface area contributed by atoms with Gasteiger partial charge in [0.2, 0.25) is 0 Å². The van der Waals surface area contributed by atoms with Crippen LogP contribution in [0.5, 0.6) is 0 Å². The van der Waals surface area contributed by atoms with Crippen LogP contribution in [0.2, 0.25) is 0 Å². The summed E-state index contributed by atoms with van der Waals surface area (Å²) in [4.78, 5) is 1.43. The first-order valence-corrected chi connectivity index (χ1v) is 5.24. The highest BCUT2D eigenvalue weighted by atomic mass is 32.2. The first-order valence-electron chi connectivity index (χ1n) is 4.25. The van der Waals surface area contributed by atoms with E-state index in [1.165, 1.54) is 28.2 Å². The maximum atomic E-state index is 8.76. The van der Waals surface area contributed by atoms with E-state index in [1.807, 2.05) is 11.8 Å². The van der Waals surface area contributed by atoms with E-state index in [-0.39, 0.29) is 6.61 Å². The molecule has 0 spiro atoms. The molecule has 1 aromatic carbocycles. The molecule has 1 nitrogen and oxygen atoms in total. The van der Waals surface area contributed by atoms with Gasteiger partial charge in [-0.05, 0) is 30.0 Å². The van der Waals surface area contributed by atoms with Gasteiger partial charge in [-0.25, -0.2) is 0 Å². The largest absolute Gasteiger partial charge is 0.396 e. The summed E-state index contributed by atoms with van der Waals surface area (Å²) in [5.74, 6) is 1.22. The maximum absolute atomic E-state index is 8.76. The standard InChI is InChI=1S/C10H12OS/c11-5-3-8-1-2-10-9(7-8)4-6-12-10/h1-2,7,11H,3-6H2. The Kier molecular flexibility index (Phi) is 2.38. The molecule has 1 aromatic rings. The van der Waals surface area contributed by atoms with Crippen molar-refractivity contribution >= 4 is 11.8 Å². The van der Waals surface area contributed by atoms with E-state index in [2.05, 4.69) is 18.2 Å². The zero-order valence-corrected chi connectivity index (χ0v) is 7.73. The SMILES string of the molecule is OCCc1ccc2c(c1)CCS2. The van der Waals surface area contributed by atoms with Gasteiger partial charge in [-0.2, -0.15) is 0 Å². The lowest BCUT2D eigenvalue weighted by Crippen LogP contribution is -1.91. The van der Waals surface area contributed by atoms with Gasteiger partial charge in [0.1, 0.15) is 0 Å². The molecule has 0 fully saturated rings. The van der Waals surface area contributed by atoms with Crippen LogP contribution in [0.1, 0.15) is 11.1 Å². The summed E-state index contributed by atoms with van der Waals surface area (Å²) < 4.78 is 0. The minimum absolute atomic E-state index is 0.256. The first-order chi connectivity index (χ1) is 5.90. The third kappa shape index (κ3) is 1.50. The monoisotopic (exact) mass is 180 g/mol. The maximum Gasteiger partial charge on any atom is 0.0471 e. The van der Waals surface area contributed by atoms with Gasteiger partial charge in [0.05, 0.1) is 0 Å². The Balaban J connectivity index is 2.26. The minimum Gasteiger partial charge on any atom is -0.396 e. The molecule has 1 aliphatic heterocycles. The fraction of sp³-hybridized carbons (Fsp3) is 0.400. The number of aryl methyl sites for hydroxylation is 1. The van der Waals surface area contributed by atoms with Crippen LogP contribution < -0.4 is 0 Å². The van der Waals surface area contributed by atoms with Gasteiger partial charge in [0.25, 0.3) is 0 Å². The molecule has 12 heavy (non-hydrogen) atoms. The average Bonchev–Trinajstić information content (AvgIpc) is 2.51. The van der Waals surface area contributed by atoms with Crippen LogP contribution in [0.3, 0.4) is 0 Å². The second-order valence-corrected chi connectivity index (χ2v) is 4.15. The number of thioether (sulfide) groups is 1. The molecular weight excluding hydrogens is 168 g/mol. The third-order valence-electron chi connectivity index (χ3n) is 2.15. The summed E-state index contributed by atoms with van der Waals surface area (Å²) >= 11 is 1.93. The molecule has 1 aliphatic rings. The number of hydrogen-bond acceptors (Lipinski definition) is 2. The van der Waals surface area contributed by atoms with Crippen molar-refractivity contribution in [2.45, 2.75) is 17.7 Å². The van der Waals surface area contributed by atoms with Gasteiger partial charge in [0, 0.05) is 17.3 Å². The first kappa shape index (κ1) is 8.14. The number of benzene rings is 1. The van der Waals surface area contributed by atoms with E-state index in [4.69, 9.17) is 5.11 Å². The Morgan fingerprint density at radius 2 is 2.33 bits per heavy atom. The van der Waals surface area contributed by atoms with Crippen molar-refractivity contribution < 1.29 is 5.11 Å². The van der Waals surface area contributed by atoms with E-state index in [0.717, 1.165) is 6.42 Å². The Labute approximate surface area is 76.8 Å². The van der Waals surface area contributed by atoms with E-state index in [0.29, 0.717) is 0 Å². The van der Waals surface area contributed by atoms with E-state index >= 15 is 0 Å². The molecule has 0 amide bonds. The van der Waals surface area contributed by atoms with Crippen molar-refractivity contribution in [2.24, 2.45) is 0 Å². The quantitative estimate of drug-likeness (QED) is 0.749. The molecule has 0 saturated carbocycles. The predicted molar refractivity (Wildman–Crippen MR) is 51.7 cm³/mol. The van der Waals surface area contributed by atoms with Crippen molar-refractivity contribution in [3.8, 4) is 0 Å². The third-order valence-corrected chi connectivity index (χ3v) is 3.27. The highest BCUT2D eigenvalue weighted by Gasteiger charge is 2.10. The Morgan fingerprint density at radius 1 is 1.42 bits per heavy atom. The topological polar surface area (TPSA) is 20.2 Å². The Hall–Kier alpha value is -0.470. The lowest BCUT2D eigenvalue weighted by molar-refractivity contribution is 0.299. The normalized spacial score (nSPS) is 14.8. The van der Waals surface area contributed by atoms with E-state index in [1.54, 1.807) is 0 Å². The van der Waals surface area contributed by atoms with E-state index < -0.39 is 0 Å². The van der Waals surface area contributed by atoms with Crippen LogP contribution in [-0.4, -0.2) is 17.5 Å². The summed E-state index contributed by atoms with van der Waals surface area (Å²) in [6.45, 7) is 0.256. The molecule has 0 saturated heterocycles. The second-order valence-electron chi connectivity index (χ2n) is 3.01. The van der Waals surface area contributed by atoms with Crippen LogP contribution in [-0.2, 0) is 12.8 Å². The molecule has 0 aliphatic carbocycles. The summed E-state index contributed by atoms with van der Waals surface area (Å²) in [5.41, 5.74) is 2.73. The zero-order chi connectivity index (χ0) is 8.39. The van der Waals surface area contributed by atoms with Gasteiger partial charge in [-0.1, -0.05) is 12.1 Å². The van der Waals surface area contributed by atoms with Gasteiger partial charge < -0.3 is 5.11 Å². The molecule has 0 unspecified atom stereocenters. The second kappa shape index (κ2) is 3.50. The minimum atomic E-state index is 0.256. The predicted octanol–water partition coefficient (Wildman–Crippen LogP) is 1.87. The van der Waals surface area contributed by atoms with Gasteiger partial charge >= 0.3 is 0 Å². The number of hydrogen-bond donors (Lipinski definition) is 1. The van der Waals surface area contributed by atoms with Crippen LogP contribution in [0.4, 0.5) is 0 Å². The van der Waals surface area contributed by atoms with Crippen LogP contribution in [0, 0.1) is 0 Å². The van der Waals surface area contributed by atoms with Crippen LogP contribution in [0.25, 0.3) is 0 Å². The lowest BCUT2D eigenvalue weighted by atomic mass is 10.1. The highest BCUT2D eigenvalue weighted by Crippen LogP contribution is 2.31. The summed E-state index contributed by atoms with van der Waals surface area (Å²) in [6, 6.07) is 6.52. The summed E-state index contributed by atoms with van der Waals surface area (Å²) in [6.07, 6.45) is 1.98. The molecule has 64 valence electrons. The smallest absolute Gasteiger partial charge is 0.0471 e. The molecule has 0 bridgehead atoms. The van der Waals surface area contributed by atoms with Gasteiger partial charge in [0.15, 0.2) is 0 Å². The van der Waals surface area contributed by atoms with Crippen molar-refractivity contribution in [2.75, 3.05) is 12.4 Å². The molecule has 0 atom stereocenters. The number of fused-ring (bicyclic) bond motifs is 1. The number of aliphatic hydroxyl groups is 1.